The van der Waals surface area contributed by atoms with Gasteiger partial charge in [0.25, 0.3) is 0 Å². The van der Waals surface area contributed by atoms with E-state index in [-0.39, 0.29) is 29.8 Å². The molecule has 1 aromatic carbocycles. The predicted molar refractivity (Wildman–Crippen MR) is 88.4 cm³/mol. The Morgan fingerprint density at radius 3 is 2.74 bits per heavy atom. The van der Waals surface area contributed by atoms with E-state index in [9.17, 15) is 10.2 Å². The number of hydrogen-bond acceptors (Lipinski definition) is 4. The van der Waals surface area contributed by atoms with Gasteiger partial charge in [-0.05, 0) is 36.5 Å². The quantitative estimate of drug-likeness (QED) is 0.840. The van der Waals surface area contributed by atoms with Crippen LogP contribution in [0.1, 0.15) is 32.4 Å². The number of aliphatic hydroxyl groups excluding tert-OH is 1. The van der Waals surface area contributed by atoms with E-state index in [1.165, 1.54) is 5.57 Å². The average molecular weight is 318 g/mol. The minimum absolute atomic E-state index is 0.0806. The Hall–Kier alpha value is -1.52. The largest absolute Gasteiger partial charge is 0.504 e. The number of rotatable bonds is 3. The van der Waals surface area contributed by atoms with Crippen LogP contribution in [-0.4, -0.2) is 30.5 Å². The molecule has 1 fully saturated rings. The number of aliphatic hydroxyl groups is 1. The van der Waals surface area contributed by atoms with Crippen molar-refractivity contribution in [2.75, 3.05) is 20.3 Å². The molecular formula is C19H26O4. The summed E-state index contributed by atoms with van der Waals surface area (Å²) in [5, 5.41) is 19.9. The smallest absolute Gasteiger partial charge is 0.160 e. The van der Waals surface area contributed by atoms with Crippen molar-refractivity contribution in [1.82, 2.24) is 0 Å². The lowest BCUT2D eigenvalue weighted by Gasteiger charge is -2.55. The molecule has 126 valence electrons. The zero-order chi connectivity index (χ0) is 16.8. The molecule has 2 aliphatic rings. The van der Waals surface area contributed by atoms with Crippen molar-refractivity contribution in [3.8, 4) is 11.5 Å². The molecular weight excluding hydrogens is 292 g/mol. The summed E-state index contributed by atoms with van der Waals surface area (Å²) in [5.41, 5.74) is 2.11. The average Bonchev–Trinajstić information content (AvgIpc) is 2.53. The zero-order valence-electron chi connectivity index (χ0n) is 14.2. The van der Waals surface area contributed by atoms with Crippen LogP contribution in [0.5, 0.6) is 11.5 Å². The highest BCUT2D eigenvalue weighted by Crippen LogP contribution is 2.56. The van der Waals surface area contributed by atoms with E-state index in [2.05, 4.69) is 26.8 Å². The molecule has 1 aliphatic heterocycles. The molecule has 1 heterocycles. The number of benzene rings is 1. The fraction of sp³-hybridized carbons (Fsp3) is 0.579. The fourth-order valence-corrected chi connectivity index (χ4v) is 4.46. The lowest BCUT2D eigenvalue weighted by atomic mass is 9.56. The van der Waals surface area contributed by atoms with E-state index >= 15 is 0 Å². The number of allylic oxidation sites excluding steroid dienone is 1. The first-order chi connectivity index (χ1) is 10.9. The summed E-state index contributed by atoms with van der Waals surface area (Å²) in [6.07, 6.45) is 2.21. The normalized spacial score (nSPS) is 36.5. The minimum atomic E-state index is -0.207. The van der Waals surface area contributed by atoms with Crippen molar-refractivity contribution < 1.29 is 19.7 Å². The van der Waals surface area contributed by atoms with Gasteiger partial charge in [-0.1, -0.05) is 31.6 Å². The Labute approximate surface area is 137 Å². The highest BCUT2D eigenvalue weighted by atomic mass is 16.5. The molecule has 1 aromatic rings. The highest BCUT2D eigenvalue weighted by Gasteiger charge is 2.53. The van der Waals surface area contributed by atoms with Crippen molar-refractivity contribution in [1.29, 1.82) is 0 Å². The number of phenolic OH excluding ortho intramolecular Hbond substituents is 1. The Balaban J connectivity index is 2.02. The van der Waals surface area contributed by atoms with Crippen LogP contribution < -0.4 is 4.74 Å². The molecule has 0 unspecified atom stereocenters. The second-order valence-electron chi connectivity index (χ2n) is 7.07. The van der Waals surface area contributed by atoms with Gasteiger partial charge in [0, 0.05) is 11.3 Å². The van der Waals surface area contributed by atoms with E-state index in [0.29, 0.717) is 24.2 Å². The van der Waals surface area contributed by atoms with Crippen LogP contribution >= 0.6 is 0 Å². The first kappa shape index (κ1) is 16.3. The van der Waals surface area contributed by atoms with E-state index in [4.69, 9.17) is 9.47 Å². The maximum atomic E-state index is 10.0. The van der Waals surface area contributed by atoms with Crippen molar-refractivity contribution in [2.24, 2.45) is 23.2 Å². The standard InChI is InChI=1S/C19H26O4/c1-11-7-12(2)19(9-20)10-23-18(17(11)13(19)3)14-5-6-15(21)16(8-14)22-4/h5-8,12-13,17-18,20-21H,9-10H2,1-4H3/t12-,13+,17-,18-,19+/m0/s1. The molecule has 5 atom stereocenters. The first-order valence-corrected chi connectivity index (χ1v) is 8.22. The molecule has 2 bridgehead atoms. The molecule has 4 heteroatoms. The summed E-state index contributed by atoms with van der Waals surface area (Å²) in [7, 11) is 1.55. The summed E-state index contributed by atoms with van der Waals surface area (Å²) in [5.74, 6) is 1.44. The van der Waals surface area contributed by atoms with Crippen LogP contribution in [-0.2, 0) is 4.74 Å². The van der Waals surface area contributed by atoms with Gasteiger partial charge in [-0.3, -0.25) is 0 Å². The van der Waals surface area contributed by atoms with E-state index in [1.54, 1.807) is 13.2 Å². The lowest BCUT2D eigenvalue weighted by molar-refractivity contribution is -0.165. The molecule has 0 saturated carbocycles. The van der Waals surface area contributed by atoms with Crippen LogP contribution in [0.4, 0.5) is 0 Å². The third-order valence-corrected chi connectivity index (χ3v) is 6.08. The van der Waals surface area contributed by atoms with Crippen molar-refractivity contribution in [3.63, 3.8) is 0 Å². The van der Waals surface area contributed by atoms with Gasteiger partial charge in [0.15, 0.2) is 11.5 Å². The minimum Gasteiger partial charge on any atom is -0.504 e. The van der Waals surface area contributed by atoms with Crippen molar-refractivity contribution in [3.05, 3.63) is 35.4 Å². The summed E-state index contributed by atoms with van der Waals surface area (Å²) in [6, 6.07) is 5.40. The van der Waals surface area contributed by atoms with Gasteiger partial charge < -0.3 is 19.7 Å². The zero-order valence-corrected chi connectivity index (χ0v) is 14.2. The van der Waals surface area contributed by atoms with Gasteiger partial charge in [0.05, 0.1) is 26.4 Å². The number of phenols is 1. The third-order valence-electron chi connectivity index (χ3n) is 6.08. The summed E-state index contributed by atoms with van der Waals surface area (Å²) < 4.78 is 11.5. The van der Waals surface area contributed by atoms with E-state index < -0.39 is 0 Å². The first-order valence-electron chi connectivity index (χ1n) is 8.22. The molecule has 4 nitrogen and oxygen atoms in total. The lowest BCUT2D eigenvalue weighted by Crippen LogP contribution is -2.53. The Morgan fingerprint density at radius 1 is 1.35 bits per heavy atom. The molecule has 0 aromatic heterocycles. The van der Waals surface area contributed by atoms with Crippen LogP contribution in [0.15, 0.2) is 29.8 Å². The Morgan fingerprint density at radius 2 is 2.09 bits per heavy atom. The summed E-state index contributed by atoms with van der Waals surface area (Å²) >= 11 is 0. The predicted octanol–water partition coefficient (Wildman–Crippen LogP) is 3.30. The van der Waals surface area contributed by atoms with Crippen LogP contribution in [0, 0.1) is 23.2 Å². The molecule has 1 saturated heterocycles. The second-order valence-corrected chi connectivity index (χ2v) is 7.07. The van der Waals surface area contributed by atoms with Gasteiger partial charge in [-0.15, -0.1) is 0 Å². The topological polar surface area (TPSA) is 58.9 Å². The SMILES string of the molecule is COc1cc([C@@H]2OC[C@@]3(CO)[C@H](C)[C@@H]2C(C)=C[C@@H]3C)ccc1O. The van der Waals surface area contributed by atoms with Crippen molar-refractivity contribution in [2.45, 2.75) is 26.9 Å². The molecule has 0 radical (unpaired) electrons. The van der Waals surface area contributed by atoms with Gasteiger partial charge in [0.1, 0.15) is 0 Å². The number of hydrogen-bond donors (Lipinski definition) is 2. The van der Waals surface area contributed by atoms with Crippen molar-refractivity contribution >= 4 is 0 Å². The number of aromatic hydroxyl groups is 1. The maximum Gasteiger partial charge on any atom is 0.160 e. The second kappa shape index (κ2) is 5.84. The van der Waals surface area contributed by atoms with Gasteiger partial charge in [-0.25, -0.2) is 0 Å². The Bertz CT molecular complexity index is 624. The molecule has 3 rings (SSSR count). The third kappa shape index (κ3) is 2.36. The number of methoxy groups -OCH3 is 1. The summed E-state index contributed by atoms with van der Waals surface area (Å²) in [4.78, 5) is 0. The molecule has 2 N–H and O–H groups in total. The van der Waals surface area contributed by atoms with Gasteiger partial charge in [0.2, 0.25) is 0 Å². The Kier molecular flexibility index (Phi) is 4.15. The van der Waals surface area contributed by atoms with E-state index in [0.717, 1.165) is 5.56 Å². The highest BCUT2D eigenvalue weighted by molar-refractivity contribution is 5.43. The van der Waals surface area contributed by atoms with Gasteiger partial charge in [-0.2, -0.15) is 0 Å². The summed E-state index contributed by atoms with van der Waals surface area (Å²) in [6.45, 7) is 7.22. The van der Waals surface area contributed by atoms with Crippen LogP contribution in [0.3, 0.4) is 0 Å². The molecule has 23 heavy (non-hydrogen) atoms. The molecule has 0 amide bonds. The number of ether oxygens (including phenoxy) is 2. The van der Waals surface area contributed by atoms with Crippen LogP contribution in [0.2, 0.25) is 0 Å². The molecule has 0 spiro atoms. The molecule has 1 aliphatic carbocycles. The fourth-order valence-electron chi connectivity index (χ4n) is 4.46. The number of fused-ring (bicyclic) bond motifs is 2. The van der Waals surface area contributed by atoms with Gasteiger partial charge >= 0.3 is 0 Å². The monoisotopic (exact) mass is 318 g/mol. The van der Waals surface area contributed by atoms with E-state index in [1.807, 2.05) is 12.1 Å². The maximum absolute atomic E-state index is 10.0. The van der Waals surface area contributed by atoms with Crippen LogP contribution in [0.25, 0.3) is 0 Å².